The Morgan fingerprint density at radius 2 is 1.56 bits per heavy atom. The van der Waals surface area contributed by atoms with Gasteiger partial charge in [0.2, 0.25) is 5.91 Å². The predicted octanol–water partition coefficient (Wildman–Crippen LogP) is 8.11. The van der Waals surface area contributed by atoms with Crippen LogP contribution in [0.5, 0.6) is 0 Å². The molecule has 258 valence electrons. The molecule has 2 aliphatic rings. The van der Waals surface area contributed by atoms with Crippen molar-refractivity contribution in [2.45, 2.75) is 78.3 Å². The zero-order chi connectivity index (χ0) is 34.0. The minimum absolute atomic E-state index is 0.170. The average molecular weight is 669 g/mol. The maximum atomic E-state index is 14.4. The van der Waals surface area contributed by atoms with Gasteiger partial charge in [0.1, 0.15) is 6.04 Å². The Morgan fingerprint density at radius 3 is 2.21 bits per heavy atom. The Labute approximate surface area is 295 Å². The van der Waals surface area contributed by atoms with Gasteiger partial charge in [-0.2, -0.15) is 0 Å². The zero-order valence-electron chi connectivity index (χ0n) is 29.8. The molecule has 1 amide bonds. The van der Waals surface area contributed by atoms with E-state index < -0.39 is 0 Å². The molecule has 0 spiro atoms. The van der Waals surface area contributed by atoms with Crippen molar-refractivity contribution in [3.63, 3.8) is 0 Å². The second kappa shape index (κ2) is 17.5. The van der Waals surface area contributed by atoms with E-state index in [0.29, 0.717) is 29.3 Å². The molecule has 0 radical (unpaired) electrons. The quantitative estimate of drug-likeness (QED) is 0.178. The zero-order valence-corrected chi connectivity index (χ0v) is 30.5. The van der Waals surface area contributed by atoms with Crippen LogP contribution in [0.1, 0.15) is 73.9 Å². The van der Waals surface area contributed by atoms with Crippen LogP contribution in [0.3, 0.4) is 0 Å². The molecule has 1 saturated heterocycles. The van der Waals surface area contributed by atoms with Crippen LogP contribution in [0.25, 0.3) is 0 Å². The lowest BCUT2D eigenvalue weighted by Crippen LogP contribution is -2.55. The molecule has 4 atom stereocenters. The van der Waals surface area contributed by atoms with Crippen molar-refractivity contribution in [3.8, 4) is 0 Å². The fraction of sp³-hybridized carbons (Fsp3) is 0.500. The molecular formula is C42H57ClN4O. The Morgan fingerprint density at radius 1 is 0.917 bits per heavy atom. The van der Waals surface area contributed by atoms with E-state index in [0.717, 1.165) is 82.8 Å². The Kier molecular flexibility index (Phi) is 13.2. The van der Waals surface area contributed by atoms with Crippen molar-refractivity contribution in [1.29, 1.82) is 0 Å². The first kappa shape index (κ1) is 36.2. The third kappa shape index (κ3) is 9.11. The van der Waals surface area contributed by atoms with Crippen LogP contribution >= 0.6 is 11.6 Å². The molecule has 5 rings (SSSR count). The van der Waals surface area contributed by atoms with Crippen molar-refractivity contribution < 1.29 is 4.79 Å². The molecule has 0 bridgehead atoms. The van der Waals surface area contributed by atoms with Gasteiger partial charge in [0.15, 0.2) is 0 Å². The molecule has 1 aliphatic heterocycles. The van der Waals surface area contributed by atoms with E-state index in [4.69, 9.17) is 11.6 Å². The molecule has 6 heteroatoms. The van der Waals surface area contributed by atoms with Gasteiger partial charge >= 0.3 is 0 Å². The molecule has 3 aromatic rings. The van der Waals surface area contributed by atoms with Gasteiger partial charge in [0.05, 0.1) is 0 Å². The van der Waals surface area contributed by atoms with Crippen molar-refractivity contribution in [2.75, 3.05) is 45.8 Å². The largest absolute Gasteiger partial charge is 0.377 e. The molecule has 48 heavy (non-hydrogen) atoms. The summed E-state index contributed by atoms with van der Waals surface area (Å²) < 4.78 is 0. The summed E-state index contributed by atoms with van der Waals surface area (Å²) >= 11 is 6.23. The Hall–Kier alpha value is -3.12. The first-order valence-electron chi connectivity index (χ1n) is 18.4. The van der Waals surface area contributed by atoms with Crippen molar-refractivity contribution in [1.82, 2.24) is 20.0 Å². The number of rotatable bonds is 15. The SMILES string of the molecule is C=C(NC(Cc1ccc(Cl)cc1)C(=O)N1CCN(C(CCCN(CC)CC)c2ccccc2C)CC1)C1Cc2ccccc2CC1CC. The van der Waals surface area contributed by atoms with Gasteiger partial charge in [-0.15, -0.1) is 0 Å². The van der Waals surface area contributed by atoms with E-state index in [1.54, 1.807) is 0 Å². The predicted molar refractivity (Wildman–Crippen MR) is 201 cm³/mol. The second-order valence-corrected chi connectivity index (χ2v) is 14.3. The summed E-state index contributed by atoms with van der Waals surface area (Å²) in [6, 6.07) is 25.6. The topological polar surface area (TPSA) is 38.8 Å². The highest BCUT2D eigenvalue weighted by molar-refractivity contribution is 6.30. The van der Waals surface area contributed by atoms with E-state index in [-0.39, 0.29) is 11.9 Å². The molecule has 1 heterocycles. The molecule has 1 fully saturated rings. The van der Waals surface area contributed by atoms with Crippen LogP contribution in [0, 0.1) is 18.8 Å². The highest BCUT2D eigenvalue weighted by atomic mass is 35.5. The fourth-order valence-electron chi connectivity index (χ4n) is 8.03. The summed E-state index contributed by atoms with van der Waals surface area (Å²) in [4.78, 5) is 21.7. The number of carbonyl (C=O) groups excluding carboxylic acids is 1. The standard InChI is InChI=1S/C42H57ClN4O/c1-6-34-29-35-15-10-11-16-36(35)30-39(34)32(5)44-40(28-33-19-21-37(43)22-20-33)42(48)47-26-24-46(25-27-47)41(18-13-23-45(7-2)8-3)38-17-12-9-14-31(38)4/h9-12,14-17,19-22,34,39-41,44H,5-8,13,18,23-30H2,1-4H3. The first-order valence-corrected chi connectivity index (χ1v) is 18.8. The van der Waals surface area contributed by atoms with Crippen molar-refractivity contribution in [3.05, 3.63) is 118 Å². The maximum Gasteiger partial charge on any atom is 0.245 e. The lowest BCUT2D eigenvalue weighted by atomic mass is 9.73. The van der Waals surface area contributed by atoms with Crippen molar-refractivity contribution >= 4 is 17.5 Å². The van der Waals surface area contributed by atoms with E-state index >= 15 is 0 Å². The number of piperazine rings is 1. The smallest absolute Gasteiger partial charge is 0.245 e. The van der Waals surface area contributed by atoms with Crippen LogP contribution in [0.4, 0.5) is 0 Å². The number of fused-ring (bicyclic) bond motifs is 1. The summed E-state index contributed by atoms with van der Waals surface area (Å²) in [5.74, 6) is 0.979. The number of amides is 1. The molecule has 0 saturated carbocycles. The van der Waals surface area contributed by atoms with Crippen molar-refractivity contribution in [2.24, 2.45) is 11.8 Å². The third-order valence-electron chi connectivity index (χ3n) is 11.1. The molecule has 5 nitrogen and oxygen atoms in total. The normalized spacial score (nSPS) is 19.5. The summed E-state index contributed by atoms with van der Waals surface area (Å²) in [5.41, 5.74) is 7.74. The highest BCUT2D eigenvalue weighted by Crippen LogP contribution is 2.36. The number of hydrogen-bond donors (Lipinski definition) is 1. The number of nitrogens with one attached hydrogen (secondary N) is 1. The van der Waals surface area contributed by atoms with E-state index in [2.05, 4.69) is 103 Å². The molecule has 0 aromatic heterocycles. The van der Waals surface area contributed by atoms with E-state index in [9.17, 15) is 4.79 Å². The summed E-state index contributed by atoms with van der Waals surface area (Å²) in [7, 11) is 0. The monoisotopic (exact) mass is 668 g/mol. The molecule has 4 unspecified atom stereocenters. The molecule has 1 aliphatic carbocycles. The summed E-state index contributed by atoms with van der Waals surface area (Å²) in [5, 5.41) is 4.43. The Balaban J connectivity index is 1.29. The Bertz CT molecular complexity index is 1480. The number of allylic oxidation sites excluding steroid dienone is 1. The fourth-order valence-corrected chi connectivity index (χ4v) is 8.15. The van der Waals surface area contributed by atoms with Crippen LogP contribution in [0.2, 0.25) is 5.02 Å². The van der Waals surface area contributed by atoms with E-state index in [1.165, 1.54) is 28.7 Å². The highest BCUT2D eigenvalue weighted by Gasteiger charge is 2.34. The van der Waals surface area contributed by atoms with Crippen LogP contribution in [-0.2, 0) is 24.1 Å². The maximum absolute atomic E-state index is 14.4. The van der Waals surface area contributed by atoms with Gasteiger partial charge in [-0.1, -0.05) is 106 Å². The summed E-state index contributed by atoms with van der Waals surface area (Å²) in [6.45, 7) is 20.1. The lowest BCUT2D eigenvalue weighted by Gasteiger charge is -2.42. The van der Waals surface area contributed by atoms with E-state index in [1.807, 2.05) is 24.3 Å². The number of hydrogen-bond acceptors (Lipinski definition) is 4. The van der Waals surface area contributed by atoms with Gasteiger partial charge in [0, 0.05) is 55.3 Å². The summed E-state index contributed by atoms with van der Waals surface area (Å²) in [6.07, 6.45) is 6.02. The number of aryl methyl sites for hydroxylation is 1. The number of nitrogens with zero attached hydrogens (tertiary/aromatic N) is 3. The average Bonchev–Trinajstić information content (AvgIpc) is 3.12. The van der Waals surface area contributed by atoms with Gasteiger partial charge in [-0.05, 0) is 98.1 Å². The van der Waals surface area contributed by atoms with Gasteiger partial charge < -0.3 is 15.1 Å². The van der Waals surface area contributed by atoms with Crippen LogP contribution in [-0.4, -0.2) is 72.5 Å². The number of carbonyl (C=O) groups is 1. The third-order valence-corrected chi connectivity index (χ3v) is 11.3. The van der Waals surface area contributed by atoms with Crippen LogP contribution < -0.4 is 5.32 Å². The minimum Gasteiger partial charge on any atom is -0.377 e. The second-order valence-electron chi connectivity index (χ2n) is 13.9. The molecular weight excluding hydrogens is 612 g/mol. The van der Waals surface area contributed by atoms with Gasteiger partial charge in [-0.25, -0.2) is 0 Å². The number of benzene rings is 3. The molecule has 3 aromatic carbocycles. The van der Waals surface area contributed by atoms with Gasteiger partial charge in [-0.3, -0.25) is 9.69 Å². The lowest BCUT2D eigenvalue weighted by molar-refractivity contribution is -0.135. The van der Waals surface area contributed by atoms with Crippen LogP contribution in [0.15, 0.2) is 85.1 Å². The molecule has 1 N–H and O–H groups in total. The minimum atomic E-state index is -0.374. The number of halogens is 1. The first-order chi connectivity index (χ1) is 23.3. The van der Waals surface area contributed by atoms with Gasteiger partial charge in [0.25, 0.3) is 0 Å².